The Labute approximate surface area is 167 Å². The molecule has 2 fully saturated rings. The summed E-state index contributed by atoms with van der Waals surface area (Å²) in [5.41, 5.74) is 1.87. The molecular weight excluding hydrogens is 352 g/mol. The van der Waals surface area contributed by atoms with Crippen LogP contribution in [0.15, 0.2) is 24.3 Å². The van der Waals surface area contributed by atoms with Crippen LogP contribution in [0.2, 0.25) is 0 Å². The minimum Gasteiger partial charge on any atom is -0.349 e. The van der Waals surface area contributed by atoms with E-state index in [-0.39, 0.29) is 30.3 Å². The molecule has 1 saturated heterocycles. The van der Waals surface area contributed by atoms with Gasteiger partial charge >= 0.3 is 0 Å². The van der Waals surface area contributed by atoms with E-state index < -0.39 is 0 Å². The van der Waals surface area contributed by atoms with Crippen LogP contribution >= 0.6 is 0 Å². The van der Waals surface area contributed by atoms with Gasteiger partial charge in [0, 0.05) is 24.4 Å². The lowest BCUT2D eigenvalue weighted by Gasteiger charge is -2.39. The number of nitrogens with one attached hydrogen (secondary N) is 1. The molecule has 28 heavy (non-hydrogen) atoms. The molecule has 5 heteroatoms. The largest absolute Gasteiger partial charge is 0.349 e. The summed E-state index contributed by atoms with van der Waals surface area (Å²) in [6, 6.07) is 7.46. The van der Waals surface area contributed by atoms with Gasteiger partial charge in [-0.1, -0.05) is 39.3 Å². The van der Waals surface area contributed by atoms with E-state index >= 15 is 0 Å². The molecule has 1 aromatic carbocycles. The third-order valence-corrected chi connectivity index (χ3v) is 6.79. The lowest BCUT2D eigenvalue weighted by atomic mass is 9.69. The number of rotatable bonds is 6. The second-order valence-corrected chi connectivity index (χ2v) is 8.93. The van der Waals surface area contributed by atoms with Crippen molar-refractivity contribution in [3.63, 3.8) is 0 Å². The van der Waals surface area contributed by atoms with Gasteiger partial charge in [0.05, 0.1) is 6.54 Å². The Morgan fingerprint density at radius 2 is 1.61 bits per heavy atom. The van der Waals surface area contributed by atoms with Gasteiger partial charge in [0.25, 0.3) is 5.91 Å². The molecule has 5 nitrogen and oxygen atoms in total. The molecule has 152 valence electrons. The fraction of sp³-hybridized carbons (Fsp3) is 0.609. The molecule has 0 radical (unpaired) electrons. The van der Waals surface area contributed by atoms with Crippen molar-refractivity contribution in [1.82, 2.24) is 10.2 Å². The Morgan fingerprint density at radius 1 is 1.04 bits per heavy atom. The summed E-state index contributed by atoms with van der Waals surface area (Å²) < 4.78 is 0. The van der Waals surface area contributed by atoms with Gasteiger partial charge in [-0.15, -0.1) is 0 Å². The molecule has 1 saturated carbocycles. The maximum absolute atomic E-state index is 12.6. The highest BCUT2D eigenvalue weighted by Gasteiger charge is 2.32. The molecule has 1 heterocycles. The molecule has 0 atom stereocenters. The minimum atomic E-state index is -0.117. The molecule has 3 rings (SSSR count). The molecule has 1 aliphatic carbocycles. The van der Waals surface area contributed by atoms with Crippen molar-refractivity contribution in [3.8, 4) is 0 Å². The van der Waals surface area contributed by atoms with Gasteiger partial charge in [-0.3, -0.25) is 19.3 Å². The molecule has 1 aromatic rings. The monoisotopic (exact) mass is 384 g/mol. The molecule has 3 amide bonds. The Kier molecular flexibility index (Phi) is 6.21. The molecule has 0 aromatic heterocycles. The third-order valence-electron chi connectivity index (χ3n) is 6.79. The van der Waals surface area contributed by atoms with Crippen molar-refractivity contribution in [3.05, 3.63) is 35.4 Å². The number of amides is 3. The van der Waals surface area contributed by atoms with E-state index in [0.29, 0.717) is 23.8 Å². The van der Waals surface area contributed by atoms with Gasteiger partial charge in [0.1, 0.15) is 0 Å². The zero-order chi connectivity index (χ0) is 20.3. The van der Waals surface area contributed by atoms with Crippen molar-refractivity contribution in [2.24, 2.45) is 11.3 Å². The average Bonchev–Trinajstić information content (AvgIpc) is 3.01. The molecule has 0 unspecified atom stereocenters. The highest BCUT2D eigenvalue weighted by atomic mass is 16.2. The molecule has 2 aliphatic rings. The zero-order valence-corrected chi connectivity index (χ0v) is 17.3. The Bertz CT molecular complexity index is 715. The highest BCUT2D eigenvalue weighted by Crippen LogP contribution is 2.40. The standard InChI is InChI=1S/C23H32N2O3/c1-4-23(2,3)18-9-11-19(12-10-18)24-22(28)17-7-5-16(6-8-17)15-25-20(26)13-14-21(25)27/h5-8,18-19H,4,9-15H2,1-3H3,(H,24,28). The Morgan fingerprint density at radius 3 is 2.14 bits per heavy atom. The fourth-order valence-electron chi connectivity index (χ4n) is 4.32. The number of hydrogen-bond acceptors (Lipinski definition) is 3. The second-order valence-electron chi connectivity index (χ2n) is 8.93. The first-order chi connectivity index (χ1) is 13.3. The Balaban J connectivity index is 1.51. The number of imide groups is 1. The first-order valence-electron chi connectivity index (χ1n) is 10.5. The van der Waals surface area contributed by atoms with E-state index in [4.69, 9.17) is 0 Å². The molecule has 0 spiro atoms. The van der Waals surface area contributed by atoms with Crippen molar-refractivity contribution in [2.75, 3.05) is 0 Å². The zero-order valence-electron chi connectivity index (χ0n) is 17.3. The quantitative estimate of drug-likeness (QED) is 0.752. The molecule has 0 bridgehead atoms. The summed E-state index contributed by atoms with van der Waals surface area (Å²) in [6.45, 7) is 7.24. The predicted octanol–water partition coefficient (Wildman–Crippen LogP) is 4.06. The topological polar surface area (TPSA) is 66.5 Å². The maximum atomic E-state index is 12.6. The summed E-state index contributed by atoms with van der Waals surface area (Å²) in [5.74, 6) is 0.460. The van der Waals surface area contributed by atoms with Crippen LogP contribution in [0.3, 0.4) is 0 Å². The van der Waals surface area contributed by atoms with Crippen LogP contribution in [0.1, 0.15) is 81.6 Å². The van der Waals surface area contributed by atoms with Crippen molar-refractivity contribution < 1.29 is 14.4 Å². The number of carbonyl (C=O) groups is 3. The fourth-order valence-corrected chi connectivity index (χ4v) is 4.32. The maximum Gasteiger partial charge on any atom is 0.251 e. The third kappa shape index (κ3) is 4.62. The number of nitrogens with zero attached hydrogens (tertiary/aromatic N) is 1. The van der Waals surface area contributed by atoms with Crippen LogP contribution in [0.5, 0.6) is 0 Å². The SMILES string of the molecule is CCC(C)(C)C1CCC(NC(=O)c2ccc(CN3C(=O)CCC3=O)cc2)CC1. The number of benzene rings is 1. The van der Waals surface area contributed by atoms with Crippen LogP contribution in [-0.2, 0) is 16.1 Å². The molecule has 1 N–H and O–H groups in total. The predicted molar refractivity (Wildman–Crippen MR) is 109 cm³/mol. The van der Waals surface area contributed by atoms with Crippen LogP contribution in [0.4, 0.5) is 0 Å². The normalized spacial score (nSPS) is 23.2. The lowest BCUT2D eigenvalue weighted by Crippen LogP contribution is -2.39. The summed E-state index contributed by atoms with van der Waals surface area (Å²) in [6.07, 6.45) is 6.21. The molecular formula is C23H32N2O3. The van der Waals surface area contributed by atoms with E-state index in [1.54, 1.807) is 12.1 Å². The van der Waals surface area contributed by atoms with Gasteiger partial charge in [-0.25, -0.2) is 0 Å². The average molecular weight is 385 g/mol. The lowest BCUT2D eigenvalue weighted by molar-refractivity contribution is -0.139. The number of likely N-dealkylation sites (tertiary alicyclic amines) is 1. The van der Waals surface area contributed by atoms with Crippen molar-refractivity contribution in [1.29, 1.82) is 0 Å². The van der Waals surface area contributed by atoms with Crippen LogP contribution < -0.4 is 5.32 Å². The van der Waals surface area contributed by atoms with Crippen LogP contribution in [-0.4, -0.2) is 28.7 Å². The van der Waals surface area contributed by atoms with Gasteiger partial charge in [-0.05, 0) is 54.7 Å². The summed E-state index contributed by atoms with van der Waals surface area (Å²) in [4.78, 5) is 37.3. The number of hydrogen-bond donors (Lipinski definition) is 1. The smallest absolute Gasteiger partial charge is 0.251 e. The van der Waals surface area contributed by atoms with Gasteiger partial charge < -0.3 is 5.32 Å². The first kappa shape index (κ1) is 20.6. The first-order valence-corrected chi connectivity index (χ1v) is 10.5. The van der Waals surface area contributed by atoms with E-state index in [9.17, 15) is 14.4 Å². The van der Waals surface area contributed by atoms with E-state index in [2.05, 4.69) is 26.1 Å². The second kappa shape index (κ2) is 8.46. The van der Waals surface area contributed by atoms with E-state index in [1.807, 2.05) is 12.1 Å². The van der Waals surface area contributed by atoms with Crippen LogP contribution in [0, 0.1) is 11.3 Å². The summed E-state index contributed by atoms with van der Waals surface area (Å²) in [5, 5.41) is 3.17. The highest BCUT2D eigenvalue weighted by molar-refractivity contribution is 6.01. The Hall–Kier alpha value is -2.17. The van der Waals surface area contributed by atoms with Crippen molar-refractivity contribution >= 4 is 17.7 Å². The number of carbonyl (C=O) groups excluding carboxylic acids is 3. The van der Waals surface area contributed by atoms with E-state index in [1.165, 1.54) is 24.2 Å². The van der Waals surface area contributed by atoms with Gasteiger partial charge in [0.2, 0.25) is 11.8 Å². The molecule has 1 aliphatic heterocycles. The van der Waals surface area contributed by atoms with E-state index in [0.717, 1.165) is 24.3 Å². The van der Waals surface area contributed by atoms with Gasteiger partial charge in [0.15, 0.2) is 0 Å². The summed E-state index contributed by atoms with van der Waals surface area (Å²) in [7, 11) is 0. The van der Waals surface area contributed by atoms with Crippen LogP contribution in [0.25, 0.3) is 0 Å². The minimum absolute atomic E-state index is 0.0434. The summed E-state index contributed by atoms with van der Waals surface area (Å²) >= 11 is 0. The van der Waals surface area contributed by atoms with Gasteiger partial charge in [-0.2, -0.15) is 0 Å². The van der Waals surface area contributed by atoms with Crippen molar-refractivity contribution in [2.45, 2.75) is 78.3 Å².